The number of methoxy groups -OCH3 is 1. The minimum Gasteiger partial charge on any atom is -0.496 e. The lowest BCUT2D eigenvalue weighted by Crippen LogP contribution is -2.50. The molecule has 2 N–H and O–H groups in total. The predicted octanol–water partition coefficient (Wildman–Crippen LogP) is 1.39. The molecule has 1 aromatic carbocycles. The van der Waals surface area contributed by atoms with Crippen LogP contribution >= 0.6 is 0 Å². The van der Waals surface area contributed by atoms with E-state index in [4.69, 9.17) is 10.5 Å². The summed E-state index contributed by atoms with van der Waals surface area (Å²) in [5, 5.41) is 0. The number of para-hydroxylation sites is 1. The fourth-order valence-corrected chi connectivity index (χ4v) is 4.92. The van der Waals surface area contributed by atoms with Gasteiger partial charge in [0.15, 0.2) is 0 Å². The summed E-state index contributed by atoms with van der Waals surface area (Å²) < 4.78 is 7.38. The van der Waals surface area contributed by atoms with Crippen LogP contribution in [0.15, 0.2) is 41.2 Å². The smallest absolute Gasteiger partial charge is 0.255 e. The van der Waals surface area contributed by atoms with E-state index in [2.05, 4.69) is 11.0 Å². The van der Waals surface area contributed by atoms with E-state index < -0.39 is 0 Å². The van der Waals surface area contributed by atoms with Crippen molar-refractivity contribution >= 4 is 5.91 Å². The number of likely N-dealkylation sites (tertiary alicyclic amines) is 1. The molecular weight excluding hydrogens is 380 g/mol. The topological polar surface area (TPSA) is 80.8 Å². The van der Waals surface area contributed by atoms with Gasteiger partial charge < -0.3 is 19.9 Å². The van der Waals surface area contributed by atoms with E-state index in [0.717, 1.165) is 29.0 Å². The number of fused-ring (bicyclic) bond motifs is 4. The zero-order valence-corrected chi connectivity index (χ0v) is 17.7. The van der Waals surface area contributed by atoms with Gasteiger partial charge in [0.25, 0.3) is 5.56 Å². The molecule has 2 bridgehead atoms. The molecular formula is C23H30N4O3. The fraction of sp³-hybridized carbons (Fsp3) is 0.478. The van der Waals surface area contributed by atoms with Crippen molar-refractivity contribution in [2.75, 3.05) is 33.8 Å². The van der Waals surface area contributed by atoms with Crippen molar-refractivity contribution in [2.45, 2.75) is 32.0 Å². The molecule has 1 fully saturated rings. The standard InChI is InChI=1S/C23H30N4O3/c1-25(13-17-5-3-4-6-21(17)30-2)14-18-7-8-20-19-9-16(12-27(20)23(18)29)11-26(15-19)22(28)10-24/h3-8,16,19H,9-15,24H2,1-2H3/t16-,19+/m0/s1. The fourth-order valence-electron chi connectivity index (χ4n) is 4.92. The van der Waals surface area contributed by atoms with Gasteiger partial charge >= 0.3 is 0 Å². The number of ether oxygens (including phenoxy) is 1. The second-order valence-electron chi connectivity index (χ2n) is 8.48. The van der Waals surface area contributed by atoms with Crippen molar-refractivity contribution in [1.82, 2.24) is 14.4 Å². The summed E-state index contributed by atoms with van der Waals surface area (Å²) in [5.74, 6) is 1.37. The number of carbonyl (C=O) groups excluding carboxylic acids is 1. The molecule has 2 aromatic rings. The van der Waals surface area contributed by atoms with Gasteiger partial charge in [0, 0.05) is 55.5 Å². The Hall–Kier alpha value is -2.64. The highest BCUT2D eigenvalue weighted by Crippen LogP contribution is 2.35. The summed E-state index contributed by atoms with van der Waals surface area (Å²) >= 11 is 0. The average molecular weight is 411 g/mol. The minimum atomic E-state index is -0.00455. The number of benzene rings is 1. The highest BCUT2D eigenvalue weighted by atomic mass is 16.5. The average Bonchev–Trinajstić information content (AvgIpc) is 2.75. The van der Waals surface area contributed by atoms with Gasteiger partial charge in [-0.25, -0.2) is 0 Å². The third kappa shape index (κ3) is 4.00. The Morgan fingerprint density at radius 3 is 2.67 bits per heavy atom. The summed E-state index contributed by atoms with van der Waals surface area (Å²) in [6.07, 6.45) is 1.03. The van der Waals surface area contributed by atoms with Gasteiger partial charge in [-0.05, 0) is 31.5 Å². The van der Waals surface area contributed by atoms with Crippen LogP contribution in [-0.4, -0.2) is 54.1 Å². The van der Waals surface area contributed by atoms with Crippen LogP contribution < -0.4 is 16.0 Å². The Labute approximate surface area is 177 Å². The van der Waals surface area contributed by atoms with E-state index >= 15 is 0 Å². The van der Waals surface area contributed by atoms with E-state index in [9.17, 15) is 9.59 Å². The summed E-state index contributed by atoms with van der Waals surface area (Å²) in [4.78, 5) is 29.3. The number of carbonyl (C=O) groups is 1. The minimum absolute atomic E-state index is 0.00455. The van der Waals surface area contributed by atoms with Crippen molar-refractivity contribution < 1.29 is 9.53 Å². The van der Waals surface area contributed by atoms with Crippen LogP contribution in [0.2, 0.25) is 0 Å². The molecule has 7 nitrogen and oxygen atoms in total. The number of rotatable bonds is 6. The number of aromatic nitrogens is 1. The second kappa shape index (κ2) is 8.62. The molecule has 2 aliphatic rings. The van der Waals surface area contributed by atoms with E-state index in [1.165, 1.54) is 0 Å². The van der Waals surface area contributed by atoms with E-state index in [0.29, 0.717) is 38.6 Å². The molecule has 3 heterocycles. The number of amides is 1. The zero-order chi connectivity index (χ0) is 21.3. The van der Waals surface area contributed by atoms with E-state index in [1.54, 1.807) is 7.11 Å². The second-order valence-corrected chi connectivity index (χ2v) is 8.48. The van der Waals surface area contributed by atoms with E-state index in [1.807, 2.05) is 46.8 Å². The lowest BCUT2D eigenvalue weighted by Gasteiger charge is -2.42. The first-order chi connectivity index (χ1) is 14.5. The van der Waals surface area contributed by atoms with Gasteiger partial charge in [0.2, 0.25) is 5.91 Å². The van der Waals surface area contributed by atoms with Gasteiger partial charge in [-0.1, -0.05) is 24.3 Å². The monoisotopic (exact) mass is 410 g/mol. The largest absolute Gasteiger partial charge is 0.496 e. The summed E-state index contributed by atoms with van der Waals surface area (Å²) in [5.41, 5.74) is 8.58. The van der Waals surface area contributed by atoms with Crippen LogP contribution in [0.1, 0.15) is 29.2 Å². The molecule has 2 atom stereocenters. The first-order valence-corrected chi connectivity index (χ1v) is 10.5. The Morgan fingerprint density at radius 2 is 1.90 bits per heavy atom. The maximum Gasteiger partial charge on any atom is 0.255 e. The van der Waals surface area contributed by atoms with Crippen LogP contribution in [0.4, 0.5) is 0 Å². The molecule has 1 amide bonds. The molecule has 1 aromatic heterocycles. The van der Waals surface area contributed by atoms with Crippen LogP contribution in [0.3, 0.4) is 0 Å². The SMILES string of the molecule is COc1ccccc1CN(C)Cc1ccc2n(c1=O)C[C@H]1C[C@@H]2CN(C(=O)CN)C1. The van der Waals surface area contributed by atoms with Gasteiger partial charge in [0.05, 0.1) is 13.7 Å². The quantitative estimate of drug-likeness (QED) is 0.779. The lowest BCUT2D eigenvalue weighted by atomic mass is 9.83. The molecule has 0 radical (unpaired) electrons. The van der Waals surface area contributed by atoms with Gasteiger partial charge in [-0.15, -0.1) is 0 Å². The molecule has 0 aliphatic carbocycles. The molecule has 0 spiro atoms. The number of hydrogen-bond donors (Lipinski definition) is 1. The predicted molar refractivity (Wildman–Crippen MR) is 115 cm³/mol. The maximum absolute atomic E-state index is 13.2. The van der Waals surface area contributed by atoms with Crippen LogP contribution in [0, 0.1) is 5.92 Å². The van der Waals surface area contributed by atoms with E-state index in [-0.39, 0.29) is 23.9 Å². The van der Waals surface area contributed by atoms with Gasteiger partial charge in [-0.2, -0.15) is 0 Å². The Bertz CT molecular complexity index is 987. The van der Waals surface area contributed by atoms with Gasteiger partial charge in [0.1, 0.15) is 5.75 Å². The van der Waals surface area contributed by atoms with Crippen molar-refractivity contribution in [2.24, 2.45) is 11.7 Å². The van der Waals surface area contributed by atoms with Crippen molar-refractivity contribution in [3.05, 3.63) is 63.6 Å². The van der Waals surface area contributed by atoms with Crippen molar-refractivity contribution in [1.29, 1.82) is 0 Å². The Kier molecular flexibility index (Phi) is 5.92. The highest BCUT2D eigenvalue weighted by molar-refractivity contribution is 5.78. The number of pyridine rings is 1. The number of hydrogen-bond acceptors (Lipinski definition) is 5. The molecule has 0 unspecified atom stereocenters. The maximum atomic E-state index is 13.2. The molecule has 2 aliphatic heterocycles. The lowest BCUT2D eigenvalue weighted by molar-refractivity contribution is -0.132. The summed E-state index contributed by atoms with van der Waals surface area (Å²) in [6.45, 7) is 3.33. The first-order valence-electron chi connectivity index (χ1n) is 10.5. The number of nitrogens with two attached hydrogens (primary N) is 1. The van der Waals surface area contributed by atoms with Crippen LogP contribution in [-0.2, 0) is 24.4 Å². The van der Waals surface area contributed by atoms with Crippen molar-refractivity contribution in [3.63, 3.8) is 0 Å². The number of nitrogens with zero attached hydrogens (tertiary/aromatic N) is 3. The van der Waals surface area contributed by atoms with Crippen molar-refractivity contribution in [3.8, 4) is 5.75 Å². The summed E-state index contributed by atoms with van der Waals surface area (Å²) in [7, 11) is 3.69. The molecule has 0 saturated carbocycles. The molecule has 160 valence electrons. The Morgan fingerprint density at radius 1 is 1.13 bits per heavy atom. The third-order valence-corrected chi connectivity index (χ3v) is 6.28. The molecule has 7 heteroatoms. The molecule has 1 saturated heterocycles. The first kappa shape index (κ1) is 20.6. The molecule has 30 heavy (non-hydrogen) atoms. The van der Waals surface area contributed by atoms with Crippen LogP contribution in [0.25, 0.3) is 0 Å². The third-order valence-electron chi connectivity index (χ3n) is 6.28. The zero-order valence-electron chi connectivity index (χ0n) is 17.7. The Balaban J connectivity index is 1.52. The van der Waals surface area contributed by atoms with Gasteiger partial charge in [-0.3, -0.25) is 14.5 Å². The van der Waals surface area contributed by atoms with Crippen LogP contribution in [0.5, 0.6) is 5.75 Å². The summed E-state index contributed by atoms with van der Waals surface area (Å²) in [6, 6.07) is 12.0. The normalized spacial score (nSPS) is 20.2. The highest BCUT2D eigenvalue weighted by Gasteiger charge is 2.36. The molecule has 4 rings (SSSR count). The number of piperidine rings is 1.